The van der Waals surface area contributed by atoms with Gasteiger partial charge < -0.3 is 4.42 Å². The van der Waals surface area contributed by atoms with Gasteiger partial charge in [-0.15, -0.1) is 0 Å². The molecule has 1 aromatic carbocycles. The zero-order chi connectivity index (χ0) is 10.8. The second-order valence-corrected chi connectivity index (χ2v) is 4.09. The van der Waals surface area contributed by atoms with E-state index < -0.39 is 5.76 Å². The number of nitrogens with one attached hydrogen (secondary N) is 1. The minimum atomic E-state index is -0.398. The number of hydrogen-bond donors (Lipinski definition) is 1. The van der Waals surface area contributed by atoms with Crippen molar-refractivity contribution >= 4 is 15.9 Å². The van der Waals surface area contributed by atoms with Crippen LogP contribution in [-0.2, 0) is 6.42 Å². The van der Waals surface area contributed by atoms with Crippen LogP contribution in [0.25, 0.3) is 11.3 Å². The number of aromatic amines is 1. The molecule has 1 aromatic heterocycles. The lowest BCUT2D eigenvalue weighted by atomic mass is 10.1. The van der Waals surface area contributed by atoms with Crippen molar-refractivity contribution in [1.82, 2.24) is 4.98 Å². The van der Waals surface area contributed by atoms with Crippen LogP contribution in [-0.4, -0.2) is 4.98 Å². The van der Waals surface area contributed by atoms with Crippen molar-refractivity contribution in [2.75, 3.05) is 0 Å². The normalized spacial score (nSPS) is 10.5. The van der Waals surface area contributed by atoms with E-state index >= 15 is 0 Å². The molecular weight excluding hydrogens is 258 g/mol. The highest BCUT2D eigenvalue weighted by atomic mass is 79.9. The molecule has 0 radical (unpaired) electrons. The summed E-state index contributed by atoms with van der Waals surface area (Å²) in [4.78, 5) is 13.8. The molecule has 4 heteroatoms. The Balaban J connectivity index is 2.53. The maximum Gasteiger partial charge on any atom is 0.416 e. The molecule has 15 heavy (non-hydrogen) atoms. The third-order valence-electron chi connectivity index (χ3n) is 2.18. The summed E-state index contributed by atoms with van der Waals surface area (Å²) in [6.07, 6.45) is 0.699. The van der Waals surface area contributed by atoms with Crippen LogP contribution in [0.5, 0.6) is 0 Å². The Morgan fingerprint density at radius 1 is 1.33 bits per heavy atom. The maximum absolute atomic E-state index is 11.1. The Morgan fingerprint density at radius 3 is 2.60 bits per heavy atom. The van der Waals surface area contributed by atoms with Gasteiger partial charge in [0.2, 0.25) is 0 Å². The summed E-state index contributed by atoms with van der Waals surface area (Å²) < 4.78 is 6.04. The van der Waals surface area contributed by atoms with Crippen LogP contribution in [0, 0.1) is 0 Å². The standard InChI is InChI=1S/C11H10BrNO2/c1-2-9-10(13-11(14)15-9)7-3-5-8(12)6-4-7/h3-6H,2H2,1H3,(H,13,14). The molecule has 2 rings (SSSR count). The number of halogens is 1. The van der Waals surface area contributed by atoms with E-state index in [4.69, 9.17) is 4.42 Å². The molecular formula is C11H10BrNO2. The van der Waals surface area contributed by atoms with Crippen molar-refractivity contribution in [1.29, 1.82) is 0 Å². The van der Waals surface area contributed by atoms with Gasteiger partial charge in [-0.1, -0.05) is 35.0 Å². The molecule has 0 saturated carbocycles. The molecule has 0 aliphatic heterocycles. The lowest BCUT2D eigenvalue weighted by Gasteiger charge is -1.99. The molecule has 1 heterocycles. The molecule has 0 aliphatic carbocycles. The zero-order valence-electron chi connectivity index (χ0n) is 8.21. The van der Waals surface area contributed by atoms with Gasteiger partial charge in [0.1, 0.15) is 5.76 Å². The average Bonchev–Trinajstić information content (AvgIpc) is 2.61. The first kappa shape index (κ1) is 10.2. The van der Waals surface area contributed by atoms with E-state index in [1.165, 1.54) is 0 Å². The van der Waals surface area contributed by atoms with Crippen molar-refractivity contribution < 1.29 is 4.42 Å². The molecule has 0 saturated heterocycles. The summed E-state index contributed by atoms with van der Waals surface area (Å²) in [7, 11) is 0. The van der Waals surface area contributed by atoms with E-state index in [0.29, 0.717) is 12.2 Å². The highest BCUT2D eigenvalue weighted by Gasteiger charge is 2.09. The topological polar surface area (TPSA) is 46.0 Å². The number of aromatic nitrogens is 1. The van der Waals surface area contributed by atoms with Gasteiger partial charge in [-0.25, -0.2) is 4.79 Å². The molecule has 2 aromatic rings. The first-order valence-corrected chi connectivity index (χ1v) is 5.48. The van der Waals surface area contributed by atoms with E-state index in [1.54, 1.807) is 0 Å². The summed E-state index contributed by atoms with van der Waals surface area (Å²) in [5.41, 5.74) is 1.73. The summed E-state index contributed by atoms with van der Waals surface area (Å²) in [6, 6.07) is 7.73. The van der Waals surface area contributed by atoms with Gasteiger partial charge in [-0.3, -0.25) is 4.98 Å². The van der Waals surface area contributed by atoms with E-state index in [1.807, 2.05) is 31.2 Å². The van der Waals surface area contributed by atoms with Crippen molar-refractivity contribution in [3.8, 4) is 11.3 Å². The third kappa shape index (κ3) is 2.04. The Morgan fingerprint density at radius 2 is 2.00 bits per heavy atom. The van der Waals surface area contributed by atoms with Crippen molar-refractivity contribution in [2.24, 2.45) is 0 Å². The fourth-order valence-corrected chi connectivity index (χ4v) is 1.72. The van der Waals surface area contributed by atoms with Gasteiger partial charge in [0, 0.05) is 16.5 Å². The van der Waals surface area contributed by atoms with Crippen LogP contribution < -0.4 is 5.76 Å². The van der Waals surface area contributed by atoms with Crippen molar-refractivity contribution in [3.05, 3.63) is 45.0 Å². The summed E-state index contributed by atoms with van der Waals surface area (Å²) in [6.45, 7) is 1.95. The minimum Gasteiger partial charge on any atom is -0.412 e. The van der Waals surface area contributed by atoms with Crippen LogP contribution in [0.15, 0.2) is 37.9 Å². The van der Waals surface area contributed by atoms with Crippen molar-refractivity contribution in [3.63, 3.8) is 0 Å². The smallest absolute Gasteiger partial charge is 0.412 e. The lowest BCUT2D eigenvalue weighted by molar-refractivity contribution is 0.474. The van der Waals surface area contributed by atoms with E-state index in [2.05, 4.69) is 20.9 Å². The first-order chi connectivity index (χ1) is 7.20. The molecule has 78 valence electrons. The van der Waals surface area contributed by atoms with Gasteiger partial charge in [-0.05, 0) is 12.1 Å². The molecule has 0 aliphatic rings. The molecule has 0 atom stereocenters. The highest BCUT2D eigenvalue weighted by molar-refractivity contribution is 9.10. The predicted molar refractivity (Wildman–Crippen MR) is 61.8 cm³/mol. The quantitative estimate of drug-likeness (QED) is 0.910. The van der Waals surface area contributed by atoms with E-state index in [-0.39, 0.29) is 0 Å². The largest absolute Gasteiger partial charge is 0.416 e. The maximum atomic E-state index is 11.1. The number of H-pyrrole nitrogens is 1. The van der Waals surface area contributed by atoms with Gasteiger partial charge in [0.25, 0.3) is 0 Å². The van der Waals surface area contributed by atoms with E-state index in [9.17, 15) is 4.79 Å². The molecule has 3 nitrogen and oxygen atoms in total. The summed E-state index contributed by atoms with van der Waals surface area (Å²) in [5, 5.41) is 0. The second kappa shape index (κ2) is 4.06. The number of hydrogen-bond acceptors (Lipinski definition) is 2. The van der Waals surface area contributed by atoms with Crippen LogP contribution in [0.1, 0.15) is 12.7 Å². The second-order valence-electron chi connectivity index (χ2n) is 3.17. The number of rotatable bonds is 2. The molecule has 0 fully saturated rings. The SMILES string of the molecule is CCc1oc(=O)[nH]c1-c1ccc(Br)cc1. The molecule has 0 spiro atoms. The number of aryl methyl sites for hydroxylation is 1. The molecule has 0 unspecified atom stereocenters. The van der Waals surface area contributed by atoms with Gasteiger partial charge in [-0.2, -0.15) is 0 Å². The Bertz CT molecular complexity index is 510. The van der Waals surface area contributed by atoms with Crippen LogP contribution >= 0.6 is 15.9 Å². The summed E-state index contributed by atoms with van der Waals surface area (Å²) in [5.74, 6) is 0.298. The third-order valence-corrected chi connectivity index (χ3v) is 2.70. The highest BCUT2D eigenvalue weighted by Crippen LogP contribution is 2.22. The Labute approximate surface area is 95.3 Å². The number of benzene rings is 1. The first-order valence-electron chi connectivity index (χ1n) is 4.68. The molecule has 0 amide bonds. The predicted octanol–water partition coefficient (Wildman–Crippen LogP) is 2.96. The summed E-state index contributed by atoms with van der Waals surface area (Å²) >= 11 is 3.36. The van der Waals surface area contributed by atoms with Crippen molar-refractivity contribution in [2.45, 2.75) is 13.3 Å². The van der Waals surface area contributed by atoms with Crippen LogP contribution in [0.4, 0.5) is 0 Å². The van der Waals surface area contributed by atoms with Crippen LogP contribution in [0.3, 0.4) is 0 Å². The van der Waals surface area contributed by atoms with E-state index in [0.717, 1.165) is 15.7 Å². The molecule has 1 N–H and O–H groups in total. The zero-order valence-corrected chi connectivity index (χ0v) is 9.80. The fourth-order valence-electron chi connectivity index (χ4n) is 1.46. The van der Waals surface area contributed by atoms with Gasteiger partial charge in [0.15, 0.2) is 0 Å². The fraction of sp³-hybridized carbons (Fsp3) is 0.182. The van der Waals surface area contributed by atoms with Gasteiger partial charge >= 0.3 is 5.76 Å². The monoisotopic (exact) mass is 267 g/mol. The average molecular weight is 268 g/mol. The Kier molecular flexibility index (Phi) is 2.77. The molecule has 0 bridgehead atoms. The number of oxazole rings is 1. The lowest BCUT2D eigenvalue weighted by Crippen LogP contribution is -1.94. The Hall–Kier alpha value is -1.29. The van der Waals surface area contributed by atoms with Gasteiger partial charge in [0.05, 0.1) is 5.69 Å². The van der Waals surface area contributed by atoms with Crippen LogP contribution in [0.2, 0.25) is 0 Å². The minimum absolute atomic E-state index is 0.398.